The number of nitrogens with zero attached hydrogens (tertiary/aromatic N) is 2. The van der Waals surface area contributed by atoms with Gasteiger partial charge in [-0.05, 0) is 67.3 Å². The Hall–Kier alpha value is -3.70. The Labute approximate surface area is 258 Å². The van der Waals surface area contributed by atoms with Gasteiger partial charge < -0.3 is 15.8 Å². The van der Waals surface area contributed by atoms with E-state index in [1.54, 1.807) is 49.5 Å². The quantitative estimate of drug-likeness (QED) is 0.230. The molecule has 1 atom stereocenters. The van der Waals surface area contributed by atoms with Gasteiger partial charge in [0.2, 0.25) is 15.9 Å². The minimum atomic E-state index is -3.65. The molecule has 0 aliphatic carbocycles. The van der Waals surface area contributed by atoms with Gasteiger partial charge in [-0.3, -0.25) is 4.79 Å². The van der Waals surface area contributed by atoms with Gasteiger partial charge in [0.1, 0.15) is 11.9 Å². The molecule has 0 unspecified atom stereocenters. The summed E-state index contributed by atoms with van der Waals surface area (Å²) in [6.07, 6.45) is 1.59. The fourth-order valence-corrected chi connectivity index (χ4v) is 7.97. The maximum atomic E-state index is 14.1. The molecule has 0 saturated carbocycles. The van der Waals surface area contributed by atoms with Gasteiger partial charge in [0.05, 0.1) is 15.3 Å². The predicted octanol–water partition coefficient (Wildman–Crippen LogP) is 6.59. The molecule has 1 saturated heterocycles. The number of benzene rings is 3. The molecule has 1 spiro atoms. The Morgan fingerprint density at radius 1 is 1.05 bits per heavy atom. The number of pyridine rings is 1. The molecule has 0 bridgehead atoms. The number of ether oxygens (including phenoxy) is 1. The van der Waals surface area contributed by atoms with Crippen molar-refractivity contribution in [1.29, 1.82) is 0 Å². The zero-order chi connectivity index (χ0) is 30.5. The smallest absolute Gasteiger partial charge is 0.243 e. The summed E-state index contributed by atoms with van der Waals surface area (Å²) in [6, 6.07) is 18.3. The molecule has 43 heavy (non-hydrogen) atoms. The third kappa shape index (κ3) is 5.12. The standard InChI is InChI=1S/C31H27Cl2FN4O4S/c1-18(27-23(32)9-10-24(34)28(27)33)42-26-16-20(17-36-29(26)35)19-7-8-22-25(15-19)37-30(39)31(22)11-13-38(14-12-31)43(40,41)21-5-3-2-4-6-21/h2-10,15-18H,11-14H2,1H3,(H2,35,36)(H,37,39)/t18-/m1/s1. The summed E-state index contributed by atoms with van der Waals surface area (Å²) >= 11 is 12.4. The van der Waals surface area contributed by atoms with E-state index in [1.165, 1.54) is 16.4 Å². The van der Waals surface area contributed by atoms with Gasteiger partial charge in [0.25, 0.3) is 0 Å². The number of carbonyl (C=O) groups is 1. The van der Waals surface area contributed by atoms with Gasteiger partial charge in [-0.15, -0.1) is 0 Å². The molecule has 1 aromatic heterocycles. The Morgan fingerprint density at radius 2 is 1.77 bits per heavy atom. The largest absolute Gasteiger partial charge is 0.482 e. The highest BCUT2D eigenvalue weighted by Crippen LogP contribution is 2.47. The van der Waals surface area contributed by atoms with Gasteiger partial charge in [-0.1, -0.05) is 53.5 Å². The number of aromatic nitrogens is 1. The van der Waals surface area contributed by atoms with Crippen LogP contribution in [0.15, 0.2) is 77.8 Å². The normalized spacial score (nSPS) is 17.0. The summed E-state index contributed by atoms with van der Waals surface area (Å²) in [5.41, 5.74) is 8.50. The Kier molecular flexibility index (Phi) is 7.58. The lowest BCUT2D eigenvalue weighted by molar-refractivity contribution is -0.122. The number of nitrogen functional groups attached to an aromatic ring is 1. The van der Waals surface area contributed by atoms with E-state index in [1.807, 2.05) is 18.2 Å². The van der Waals surface area contributed by atoms with E-state index in [0.717, 1.165) is 11.1 Å². The summed E-state index contributed by atoms with van der Waals surface area (Å²) in [5, 5.41) is 3.13. The number of rotatable bonds is 6. The van der Waals surface area contributed by atoms with Crippen molar-refractivity contribution >= 4 is 50.6 Å². The first kappa shape index (κ1) is 29.4. The molecule has 1 fully saturated rings. The lowest BCUT2D eigenvalue weighted by Gasteiger charge is -2.37. The van der Waals surface area contributed by atoms with Crippen molar-refractivity contribution < 1.29 is 22.3 Å². The predicted molar refractivity (Wildman–Crippen MR) is 164 cm³/mol. The van der Waals surface area contributed by atoms with E-state index in [-0.39, 0.29) is 45.5 Å². The highest BCUT2D eigenvalue weighted by molar-refractivity contribution is 7.89. The molecule has 2 aliphatic rings. The molecule has 3 aromatic carbocycles. The van der Waals surface area contributed by atoms with E-state index in [4.69, 9.17) is 33.7 Å². The summed E-state index contributed by atoms with van der Waals surface area (Å²) in [5.74, 6) is -0.370. The lowest BCUT2D eigenvalue weighted by atomic mass is 9.74. The monoisotopic (exact) mass is 640 g/mol. The zero-order valence-corrected chi connectivity index (χ0v) is 25.3. The summed E-state index contributed by atoms with van der Waals surface area (Å²) in [6.45, 7) is 2.14. The first-order valence-corrected chi connectivity index (χ1v) is 15.8. The fourth-order valence-electron chi connectivity index (χ4n) is 5.83. The second-order valence-corrected chi connectivity index (χ2v) is 13.4. The van der Waals surface area contributed by atoms with Gasteiger partial charge in [0.15, 0.2) is 11.6 Å². The summed E-state index contributed by atoms with van der Waals surface area (Å²) < 4.78 is 47.8. The second kappa shape index (κ2) is 11.1. The van der Waals surface area contributed by atoms with Crippen molar-refractivity contribution in [2.75, 3.05) is 24.1 Å². The third-order valence-corrected chi connectivity index (χ3v) is 10.8. The van der Waals surface area contributed by atoms with E-state index >= 15 is 0 Å². The van der Waals surface area contributed by atoms with Gasteiger partial charge in [-0.2, -0.15) is 4.31 Å². The van der Waals surface area contributed by atoms with E-state index in [2.05, 4.69) is 10.3 Å². The minimum Gasteiger partial charge on any atom is -0.482 e. The molecule has 12 heteroatoms. The summed E-state index contributed by atoms with van der Waals surface area (Å²) in [7, 11) is -3.65. The number of anilines is 2. The van der Waals surface area contributed by atoms with Crippen LogP contribution in [0.4, 0.5) is 15.9 Å². The molecule has 3 heterocycles. The van der Waals surface area contributed by atoms with Crippen molar-refractivity contribution in [2.24, 2.45) is 0 Å². The molecular weight excluding hydrogens is 614 g/mol. The zero-order valence-electron chi connectivity index (χ0n) is 23.0. The number of fused-ring (bicyclic) bond motifs is 2. The molecule has 6 rings (SSSR count). The number of hydrogen-bond donors (Lipinski definition) is 2. The molecule has 222 valence electrons. The molecule has 8 nitrogen and oxygen atoms in total. The van der Waals surface area contributed by atoms with Crippen LogP contribution in [0.2, 0.25) is 10.0 Å². The maximum absolute atomic E-state index is 14.1. The molecular formula is C31H27Cl2FN4O4S. The van der Waals surface area contributed by atoms with Crippen LogP contribution in [0.3, 0.4) is 0 Å². The van der Waals surface area contributed by atoms with Gasteiger partial charge in [0, 0.05) is 41.1 Å². The Morgan fingerprint density at radius 3 is 2.49 bits per heavy atom. The summed E-state index contributed by atoms with van der Waals surface area (Å²) in [4.78, 5) is 17.9. The van der Waals surface area contributed by atoms with Crippen LogP contribution in [0.1, 0.15) is 37.0 Å². The second-order valence-electron chi connectivity index (χ2n) is 10.6. The van der Waals surface area contributed by atoms with Crippen molar-refractivity contribution in [3.63, 3.8) is 0 Å². The Balaban J connectivity index is 1.24. The highest BCUT2D eigenvalue weighted by Gasteiger charge is 2.50. The molecule has 2 aliphatic heterocycles. The van der Waals surface area contributed by atoms with Crippen LogP contribution in [0.5, 0.6) is 5.75 Å². The van der Waals surface area contributed by atoms with Crippen LogP contribution in [-0.2, 0) is 20.2 Å². The van der Waals surface area contributed by atoms with Crippen LogP contribution in [-0.4, -0.2) is 36.7 Å². The number of nitrogens with two attached hydrogens (primary N) is 1. The van der Waals surface area contributed by atoms with Crippen LogP contribution >= 0.6 is 23.2 Å². The first-order valence-electron chi connectivity index (χ1n) is 13.6. The maximum Gasteiger partial charge on any atom is 0.243 e. The van der Waals surface area contributed by atoms with Crippen molar-refractivity contribution in [2.45, 2.75) is 36.2 Å². The fraction of sp³-hybridized carbons (Fsp3) is 0.226. The topological polar surface area (TPSA) is 115 Å². The van der Waals surface area contributed by atoms with E-state index in [9.17, 15) is 17.6 Å². The molecule has 1 amide bonds. The van der Waals surface area contributed by atoms with Crippen molar-refractivity contribution in [1.82, 2.24) is 9.29 Å². The number of sulfonamides is 1. The lowest BCUT2D eigenvalue weighted by Crippen LogP contribution is -2.48. The van der Waals surface area contributed by atoms with Crippen molar-refractivity contribution in [3.05, 3.63) is 99.9 Å². The van der Waals surface area contributed by atoms with Crippen LogP contribution in [0.25, 0.3) is 11.1 Å². The average molecular weight is 642 g/mol. The SMILES string of the molecule is C[C@@H](Oc1cc(-c2ccc3c(c2)NC(=O)C32CCN(S(=O)(=O)c3ccccc3)CC2)cnc1N)c1c(Cl)ccc(F)c1Cl. The van der Waals surface area contributed by atoms with Gasteiger partial charge in [-0.25, -0.2) is 17.8 Å². The number of piperidine rings is 1. The third-order valence-electron chi connectivity index (χ3n) is 8.18. The Bertz CT molecular complexity index is 1850. The number of halogens is 3. The number of nitrogens with one attached hydrogen (secondary N) is 1. The van der Waals surface area contributed by atoms with Crippen LogP contribution < -0.4 is 15.8 Å². The highest BCUT2D eigenvalue weighted by atomic mass is 35.5. The number of hydrogen-bond acceptors (Lipinski definition) is 6. The van der Waals surface area contributed by atoms with E-state index < -0.39 is 27.4 Å². The van der Waals surface area contributed by atoms with E-state index in [0.29, 0.717) is 29.7 Å². The number of carbonyl (C=O) groups excluding carboxylic acids is 1. The molecule has 0 radical (unpaired) electrons. The van der Waals surface area contributed by atoms with Crippen LogP contribution in [0, 0.1) is 5.82 Å². The van der Waals surface area contributed by atoms with Crippen molar-refractivity contribution in [3.8, 4) is 16.9 Å². The first-order chi connectivity index (χ1) is 20.5. The minimum absolute atomic E-state index is 0.130. The molecule has 4 aromatic rings. The average Bonchev–Trinajstić information content (AvgIpc) is 3.26. The molecule has 3 N–H and O–H groups in total. The van der Waals surface area contributed by atoms with Gasteiger partial charge >= 0.3 is 0 Å². The number of amides is 1.